The number of hydrogen-bond acceptors (Lipinski definition) is 5. The summed E-state index contributed by atoms with van der Waals surface area (Å²) in [4.78, 5) is 22.6. The molecule has 0 radical (unpaired) electrons. The van der Waals surface area contributed by atoms with Gasteiger partial charge in [-0.3, -0.25) is 9.59 Å². The molecule has 0 spiro atoms. The third-order valence-corrected chi connectivity index (χ3v) is 2.22. The molecule has 1 aromatic rings. The van der Waals surface area contributed by atoms with E-state index in [0.717, 1.165) is 0 Å². The number of nitriles is 1. The third kappa shape index (κ3) is 4.20. The number of nitrogens with zero attached hydrogens (tertiary/aromatic N) is 1. The van der Waals surface area contributed by atoms with Gasteiger partial charge in [-0.05, 0) is 12.1 Å². The van der Waals surface area contributed by atoms with Crippen LogP contribution in [0.5, 0.6) is 5.75 Å². The van der Waals surface area contributed by atoms with Crippen molar-refractivity contribution in [1.29, 1.82) is 5.26 Å². The Morgan fingerprint density at radius 2 is 2.16 bits per heavy atom. The number of carbonyl (C=O) groups is 2. The molecule has 0 atom stereocenters. The maximum Gasteiger partial charge on any atom is 0.257 e. The average Bonchev–Trinajstić information content (AvgIpc) is 2.37. The van der Waals surface area contributed by atoms with Gasteiger partial charge in [-0.15, -0.1) is 0 Å². The summed E-state index contributed by atoms with van der Waals surface area (Å²) in [5.41, 5.74) is 11.2. The number of benzene rings is 1. The molecule has 0 saturated carbocycles. The second-order valence-electron chi connectivity index (χ2n) is 3.63. The van der Waals surface area contributed by atoms with Crippen LogP contribution in [-0.4, -0.2) is 25.0 Å². The van der Waals surface area contributed by atoms with Gasteiger partial charge in [0.2, 0.25) is 0 Å². The molecule has 7 heteroatoms. The van der Waals surface area contributed by atoms with E-state index in [-0.39, 0.29) is 36.6 Å². The van der Waals surface area contributed by atoms with Crippen molar-refractivity contribution in [3.05, 3.63) is 23.8 Å². The van der Waals surface area contributed by atoms with Crippen molar-refractivity contribution < 1.29 is 14.3 Å². The number of nitrogens with two attached hydrogens (primary N) is 2. The van der Waals surface area contributed by atoms with Crippen molar-refractivity contribution in [1.82, 2.24) is 5.32 Å². The molecule has 7 nitrogen and oxygen atoms in total. The van der Waals surface area contributed by atoms with Gasteiger partial charge in [-0.1, -0.05) is 6.07 Å². The van der Waals surface area contributed by atoms with Crippen LogP contribution < -0.4 is 21.5 Å². The van der Waals surface area contributed by atoms with E-state index in [0.29, 0.717) is 0 Å². The van der Waals surface area contributed by atoms with Crippen LogP contribution in [0.1, 0.15) is 16.8 Å². The van der Waals surface area contributed by atoms with E-state index < -0.39 is 11.8 Å². The maximum absolute atomic E-state index is 11.4. The van der Waals surface area contributed by atoms with E-state index in [2.05, 4.69) is 5.32 Å². The molecule has 19 heavy (non-hydrogen) atoms. The highest BCUT2D eigenvalue weighted by atomic mass is 16.5. The largest absolute Gasteiger partial charge is 0.481 e. The Hall–Kier alpha value is -2.75. The standard InChI is InChI=1S/C12H14N4O3/c13-5-2-6-16-10(17)7-19-11-8(12(15)18)3-1-4-9(11)14/h1,3-4H,2,6-7,14H2,(H2,15,18)(H,16,17). The Labute approximate surface area is 110 Å². The van der Waals surface area contributed by atoms with Gasteiger partial charge in [0.1, 0.15) is 0 Å². The van der Waals surface area contributed by atoms with E-state index in [1.165, 1.54) is 12.1 Å². The van der Waals surface area contributed by atoms with E-state index in [9.17, 15) is 9.59 Å². The molecule has 0 aliphatic carbocycles. The fraction of sp³-hybridized carbons (Fsp3) is 0.250. The van der Waals surface area contributed by atoms with Crippen LogP contribution in [0, 0.1) is 11.3 Å². The fourth-order valence-electron chi connectivity index (χ4n) is 1.36. The zero-order chi connectivity index (χ0) is 14.3. The van der Waals surface area contributed by atoms with Gasteiger partial charge in [0.25, 0.3) is 11.8 Å². The number of carbonyl (C=O) groups excluding carboxylic acids is 2. The van der Waals surface area contributed by atoms with E-state index >= 15 is 0 Å². The molecular weight excluding hydrogens is 248 g/mol. The lowest BCUT2D eigenvalue weighted by Crippen LogP contribution is -2.30. The molecule has 0 saturated heterocycles. The minimum atomic E-state index is -0.688. The number of hydrogen-bond donors (Lipinski definition) is 3. The summed E-state index contributed by atoms with van der Waals surface area (Å²) in [5, 5.41) is 10.8. The molecule has 0 fully saturated rings. The number of nitrogen functional groups attached to an aromatic ring is 1. The smallest absolute Gasteiger partial charge is 0.257 e. The first-order valence-corrected chi connectivity index (χ1v) is 5.51. The molecule has 0 aromatic heterocycles. The van der Waals surface area contributed by atoms with E-state index in [4.69, 9.17) is 21.5 Å². The first-order valence-electron chi connectivity index (χ1n) is 5.51. The average molecular weight is 262 g/mol. The second kappa shape index (κ2) is 6.86. The minimum Gasteiger partial charge on any atom is -0.481 e. The normalized spacial score (nSPS) is 9.42. The van der Waals surface area contributed by atoms with Crippen molar-refractivity contribution >= 4 is 17.5 Å². The number of primary amides is 1. The molecule has 0 unspecified atom stereocenters. The molecule has 5 N–H and O–H groups in total. The van der Waals surface area contributed by atoms with Gasteiger partial charge in [-0.2, -0.15) is 5.26 Å². The van der Waals surface area contributed by atoms with Crippen molar-refractivity contribution in [3.63, 3.8) is 0 Å². The van der Waals surface area contributed by atoms with Crippen LogP contribution in [-0.2, 0) is 4.79 Å². The number of para-hydroxylation sites is 1. The third-order valence-electron chi connectivity index (χ3n) is 2.22. The quantitative estimate of drug-likeness (QED) is 0.481. The Morgan fingerprint density at radius 1 is 1.42 bits per heavy atom. The Kier molecular flexibility index (Phi) is 5.17. The van der Waals surface area contributed by atoms with Crippen LogP contribution in [0.3, 0.4) is 0 Å². The van der Waals surface area contributed by atoms with Gasteiger partial charge < -0.3 is 21.5 Å². The molecule has 2 amide bonds. The summed E-state index contributed by atoms with van der Waals surface area (Å²) < 4.78 is 5.20. The minimum absolute atomic E-state index is 0.0884. The zero-order valence-corrected chi connectivity index (χ0v) is 10.2. The Morgan fingerprint density at radius 3 is 2.79 bits per heavy atom. The lowest BCUT2D eigenvalue weighted by molar-refractivity contribution is -0.123. The molecular formula is C12H14N4O3. The van der Waals surface area contributed by atoms with E-state index in [1.54, 1.807) is 6.07 Å². The van der Waals surface area contributed by atoms with Crippen LogP contribution in [0.2, 0.25) is 0 Å². The van der Waals surface area contributed by atoms with Gasteiger partial charge in [-0.25, -0.2) is 0 Å². The monoisotopic (exact) mass is 262 g/mol. The molecule has 0 aliphatic heterocycles. The van der Waals surface area contributed by atoms with Crippen molar-refractivity contribution in [2.75, 3.05) is 18.9 Å². The van der Waals surface area contributed by atoms with Crippen LogP contribution in [0.25, 0.3) is 0 Å². The predicted octanol–water partition coefficient (Wildman–Crippen LogP) is -0.224. The number of amides is 2. The lowest BCUT2D eigenvalue weighted by Gasteiger charge is -2.11. The molecule has 100 valence electrons. The summed E-state index contributed by atoms with van der Waals surface area (Å²) >= 11 is 0. The first kappa shape index (κ1) is 14.3. The molecule has 1 rings (SSSR count). The summed E-state index contributed by atoms with van der Waals surface area (Å²) in [6.45, 7) is -0.0639. The van der Waals surface area contributed by atoms with Gasteiger partial charge in [0.05, 0.1) is 23.7 Å². The highest BCUT2D eigenvalue weighted by Crippen LogP contribution is 2.25. The number of rotatable bonds is 6. The summed E-state index contributed by atoms with van der Waals surface area (Å²) in [5.74, 6) is -1.01. The fourth-order valence-corrected chi connectivity index (χ4v) is 1.36. The maximum atomic E-state index is 11.4. The van der Waals surface area contributed by atoms with Crippen molar-refractivity contribution in [2.24, 2.45) is 5.73 Å². The Balaban J connectivity index is 2.65. The molecule has 1 aromatic carbocycles. The molecule has 0 aliphatic rings. The van der Waals surface area contributed by atoms with Gasteiger partial charge in [0.15, 0.2) is 12.4 Å². The summed E-state index contributed by atoms with van der Waals surface area (Å²) in [6, 6.07) is 6.46. The summed E-state index contributed by atoms with van der Waals surface area (Å²) in [6.07, 6.45) is 0.214. The van der Waals surface area contributed by atoms with Gasteiger partial charge in [0, 0.05) is 6.54 Å². The summed E-state index contributed by atoms with van der Waals surface area (Å²) in [7, 11) is 0. The Bertz CT molecular complexity index is 522. The first-order chi connectivity index (χ1) is 9.06. The highest BCUT2D eigenvalue weighted by molar-refractivity contribution is 5.97. The SMILES string of the molecule is N#CCCNC(=O)COc1c(N)cccc1C(N)=O. The van der Waals surface area contributed by atoms with Crippen LogP contribution in [0.4, 0.5) is 5.69 Å². The lowest BCUT2D eigenvalue weighted by atomic mass is 10.1. The second-order valence-corrected chi connectivity index (χ2v) is 3.63. The number of ether oxygens (including phenoxy) is 1. The topological polar surface area (TPSA) is 131 Å². The van der Waals surface area contributed by atoms with E-state index in [1.807, 2.05) is 6.07 Å². The van der Waals surface area contributed by atoms with Gasteiger partial charge >= 0.3 is 0 Å². The highest BCUT2D eigenvalue weighted by Gasteiger charge is 2.13. The van der Waals surface area contributed by atoms with Crippen molar-refractivity contribution in [2.45, 2.75) is 6.42 Å². The number of nitrogens with one attached hydrogen (secondary N) is 1. The number of anilines is 1. The van der Waals surface area contributed by atoms with Crippen LogP contribution >= 0.6 is 0 Å². The predicted molar refractivity (Wildman–Crippen MR) is 68.1 cm³/mol. The van der Waals surface area contributed by atoms with Crippen LogP contribution in [0.15, 0.2) is 18.2 Å². The zero-order valence-electron chi connectivity index (χ0n) is 10.2. The molecule has 0 bridgehead atoms. The van der Waals surface area contributed by atoms with Crippen molar-refractivity contribution in [3.8, 4) is 11.8 Å². The molecule has 0 heterocycles.